The Kier molecular flexibility index (Phi) is 5.63. The summed E-state index contributed by atoms with van der Waals surface area (Å²) in [4.78, 5) is 14.3. The van der Waals surface area contributed by atoms with E-state index in [-0.39, 0.29) is 5.63 Å². The molecule has 4 rings (SSSR count). The summed E-state index contributed by atoms with van der Waals surface area (Å²) in [6, 6.07) is 11.3. The molecular weight excluding hydrogens is 397 g/mol. The summed E-state index contributed by atoms with van der Waals surface area (Å²) in [5.41, 5.74) is 3.28. The van der Waals surface area contributed by atoms with E-state index in [0.717, 1.165) is 47.3 Å². The fourth-order valence-corrected chi connectivity index (χ4v) is 4.06. The molecule has 0 spiro atoms. The number of rotatable bonds is 5. The molecule has 0 radical (unpaired) electrons. The minimum Gasteiger partial charge on any atom is -0.476 e. The second-order valence-electron chi connectivity index (χ2n) is 7.09. The maximum Gasteiger partial charge on any atom is 0.336 e. The molecule has 2 heterocycles. The van der Waals surface area contributed by atoms with Crippen LogP contribution < -0.4 is 10.4 Å². The van der Waals surface area contributed by atoms with E-state index in [2.05, 4.69) is 11.8 Å². The molecule has 0 N–H and O–H groups in total. The number of aryl methyl sites for hydroxylation is 1. The van der Waals surface area contributed by atoms with Gasteiger partial charge in [-0.3, -0.25) is 4.90 Å². The van der Waals surface area contributed by atoms with Crippen LogP contribution in [0.1, 0.15) is 30.0 Å². The van der Waals surface area contributed by atoms with Gasteiger partial charge in [-0.1, -0.05) is 48.7 Å². The lowest BCUT2D eigenvalue weighted by Gasteiger charge is -2.30. The van der Waals surface area contributed by atoms with E-state index in [9.17, 15) is 4.79 Å². The molecule has 0 aliphatic carbocycles. The van der Waals surface area contributed by atoms with Gasteiger partial charge in [0.05, 0.1) is 10.6 Å². The van der Waals surface area contributed by atoms with Crippen molar-refractivity contribution in [3.8, 4) is 5.75 Å². The van der Waals surface area contributed by atoms with Gasteiger partial charge in [0.2, 0.25) is 0 Å². The first-order valence-corrected chi connectivity index (χ1v) is 10.2. The maximum atomic E-state index is 12.1. The normalized spacial score (nSPS) is 14.1. The van der Waals surface area contributed by atoms with Crippen molar-refractivity contribution in [2.75, 3.05) is 13.3 Å². The number of ether oxygens (including phenoxy) is 1. The van der Waals surface area contributed by atoms with Gasteiger partial charge in [-0.2, -0.15) is 0 Å². The van der Waals surface area contributed by atoms with Gasteiger partial charge >= 0.3 is 5.63 Å². The highest BCUT2D eigenvalue weighted by Crippen LogP contribution is 2.39. The van der Waals surface area contributed by atoms with Gasteiger partial charge in [0.25, 0.3) is 0 Å². The SMILES string of the molecule is CCCc1cc(=O)oc2c3c(c(Cl)cc12)OCN(CCc1ccc(Cl)cc1)C3. The zero-order valence-corrected chi connectivity index (χ0v) is 17.1. The highest BCUT2D eigenvalue weighted by atomic mass is 35.5. The van der Waals surface area contributed by atoms with Crippen LogP contribution in [0.25, 0.3) is 11.0 Å². The van der Waals surface area contributed by atoms with Crippen molar-refractivity contribution in [1.29, 1.82) is 0 Å². The molecule has 0 fully saturated rings. The van der Waals surface area contributed by atoms with Crippen LogP contribution >= 0.6 is 23.2 Å². The van der Waals surface area contributed by atoms with Gasteiger partial charge in [-0.25, -0.2) is 4.79 Å². The molecule has 6 heteroatoms. The van der Waals surface area contributed by atoms with Crippen molar-refractivity contribution < 1.29 is 9.15 Å². The minimum absolute atomic E-state index is 0.334. The van der Waals surface area contributed by atoms with E-state index in [1.165, 1.54) is 5.56 Å². The van der Waals surface area contributed by atoms with Crippen LogP contribution in [0.2, 0.25) is 10.0 Å². The Balaban J connectivity index is 1.64. The Morgan fingerprint density at radius 1 is 1.11 bits per heavy atom. The fourth-order valence-electron chi connectivity index (χ4n) is 3.66. The second kappa shape index (κ2) is 8.16. The first kappa shape index (κ1) is 19.3. The summed E-state index contributed by atoms with van der Waals surface area (Å²) < 4.78 is 11.5. The molecular formula is C22H21Cl2NO3. The number of benzene rings is 2. The van der Waals surface area contributed by atoms with E-state index in [1.54, 1.807) is 6.07 Å². The van der Waals surface area contributed by atoms with Crippen molar-refractivity contribution >= 4 is 34.2 Å². The first-order valence-electron chi connectivity index (χ1n) is 9.43. The molecule has 146 valence electrons. The molecule has 0 saturated carbocycles. The average Bonchev–Trinajstić information content (AvgIpc) is 2.69. The molecule has 0 bridgehead atoms. The van der Waals surface area contributed by atoms with Crippen LogP contribution in [0.3, 0.4) is 0 Å². The quantitative estimate of drug-likeness (QED) is 0.517. The van der Waals surface area contributed by atoms with E-state index >= 15 is 0 Å². The molecule has 2 aromatic carbocycles. The lowest BCUT2D eigenvalue weighted by atomic mass is 10.0. The van der Waals surface area contributed by atoms with Crippen LogP contribution in [0.15, 0.2) is 45.6 Å². The predicted molar refractivity (Wildman–Crippen MR) is 113 cm³/mol. The van der Waals surface area contributed by atoms with Gasteiger partial charge in [-0.05, 0) is 42.2 Å². The summed E-state index contributed by atoms with van der Waals surface area (Å²) in [5, 5.41) is 2.19. The van der Waals surface area contributed by atoms with Crippen molar-refractivity contribution in [3.63, 3.8) is 0 Å². The molecule has 0 saturated heterocycles. The Labute approximate surface area is 173 Å². The second-order valence-corrected chi connectivity index (χ2v) is 7.93. The highest BCUT2D eigenvalue weighted by Gasteiger charge is 2.25. The van der Waals surface area contributed by atoms with Crippen LogP contribution in [-0.4, -0.2) is 18.2 Å². The van der Waals surface area contributed by atoms with E-state index < -0.39 is 0 Å². The number of hydrogen-bond donors (Lipinski definition) is 0. The molecule has 1 aromatic heterocycles. The van der Waals surface area contributed by atoms with Gasteiger partial charge in [0.1, 0.15) is 18.1 Å². The largest absolute Gasteiger partial charge is 0.476 e. The lowest BCUT2D eigenvalue weighted by molar-refractivity contribution is 0.0969. The van der Waals surface area contributed by atoms with Gasteiger partial charge in [0, 0.05) is 29.6 Å². The van der Waals surface area contributed by atoms with E-state index in [4.69, 9.17) is 32.4 Å². The topological polar surface area (TPSA) is 42.7 Å². The number of nitrogens with zero attached hydrogens (tertiary/aromatic N) is 1. The Morgan fingerprint density at radius 3 is 2.64 bits per heavy atom. The molecule has 0 amide bonds. The maximum absolute atomic E-state index is 12.1. The average molecular weight is 418 g/mol. The molecule has 4 nitrogen and oxygen atoms in total. The third-order valence-corrected chi connectivity index (χ3v) is 5.58. The third kappa shape index (κ3) is 3.90. The lowest BCUT2D eigenvalue weighted by Crippen LogP contribution is -2.34. The Hall–Kier alpha value is -2.01. The van der Waals surface area contributed by atoms with Crippen molar-refractivity contribution in [2.45, 2.75) is 32.7 Å². The van der Waals surface area contributed by atoms with Crippen LogP contribution in [0, 0.1) is 0 Å². The fraction of sp³-hybridized carbons (Fsp3) is 0.318. The standard InChI is InChI=1S/C22H21Cl2NO3/c1-2-3-15-10-20(26)28-21-17(15)11-19(24)22-18(21)12-25(13-27-22)9-8-14-4-6-16(23)7-5-14/h4-7,10-11H,2-3,8-9,12-13H2,1H3. The third-order valence-electron chi connectivity index (χ3n) is 5.04. The van der Waals surface area contributed by atoms with Crippen molar-refractivity contribution in [2.24, 2.45) is 0 Å². The van der Waals surface area contributed by atoms with Gasteiger partial charge < -0.3 is 9.15 Å². The monoisotopic (exact) mass is 417 g/mol. The number of fused-ring (bicyclic) bond motifs is 3. The molecule has 0 atom stereocenters. The van der Waals surface area contributed by atoms with Crippen molar-refractivity contribution in [3.05, 3.63) is 73.6 Å². The minimum atomic E-state index is -0.334. The van der Waals surface area contributed by atoms with Crippen molar-refractivity contribution in [1.82, 2.24) is 4.90 Å². The summed E-state index contributed by atoms with van der Waals surface area (Å²) >= 11 is 12.4. The van der Waals surface area contributed by atoms with Gasteiger partial charge in [0.15, 0.2) is 0 Å². The number of halogens is 2. The number of hydrogen-bond acceptors (Lipinski definition) is 4. The summed E-state index contributed by atoms with van der Waals surface area (Å²) in [7, 11) is 0. The summed E-state index contributed by atoms with van der Waals surface area (Å²) in [5.74, 6) is 0.619. The van der Waals surface area contributed by atoms with Crippen LogP contribution in [0.4, 0.5) is 0 Å². The molecule has 1 aliphatic rings. The van der Waals surface area contributed by atoms with Gasteiger partial charge in [-0.15, -0.1) is 0 Å². The smallest absolute Gasteiger partial charge is 0.336 e. The highest BCUT2D eigenvalue weighted by molar-refractivity contribution is 6.33. The van der Waals surface area contributed by atoms with E-state index in [1.807, 2.05) is 30.3 Å². The van der Waals surface area contributed by atoms with Crippen LogP contribution in [0.5, 0.6) is 5.75 Å². The van der Waals surface area contributed by atoms with Crippen LogP contribution in [-0.2, 0) is 19.4 Å². The predicted octanol–water partition coefficient (Wildman–Crippen LogP) is 5.45. The first-order chi connectivity index (χ1) is 13.5. The zero-order valence-electron chi connectivity index (χ0n) is 15.6. The summed E-state index contributed by atoms with van der Waals surface area (Å²) in [6.07, 6.45) is 2.62. The summed E-state index contributed by atoms with van der Waals surface area (Å²) in [6.45, 7) is 3.97. The Morgan fingerprint density at radius 2 is 1.89 bits per heavy atom. The molecule has 3 aromatic rings. The molecule has 28 heavy (non-hydrogen) atoms. The molecule has 0 unspecified atom stereocenters. The molecule has 1 aliphatic heterocycles. The Bertz CT molecular complexity index is 1060. The van der Waals surface area contributed by atoms with E-state index in [0.29, 0.717) is 29.6 Å². The zero-order chi connectivity index (χ0) is 19.7.